The van der Waals surface area contributed by atoms with E-state index < -0.39 is 11.6 Å². The number of anilines is 1. The summed E-state index contributed by atoms with van der Waals surface area (Å²) in [5.41, 5.74) is -1.05. The van der Waals surface area contributed by atoms with E-state index in [0.717, 1.165) is 51.5 Å². The number of likely N-dealkylation sites (tertiary alicyclic amines) is 1. The van der Waals surface area contributed by atoms with Gasteiger partial charge in [-0.15, -0.1) is 0 Å². The molecule has 1 aromatic carbocycles. The third-order valence-electron chi connectivity index (χ3n) is 7.85. The molecule has 1 amide bonds. The number of amides is 1. The first-order valence-electron chi connectivity index (χ1n) is 12.3. The van der Waals surface area contributed by atoms with E-state index in [1.807, 2.05) is 37.4 Å². The van der Waals surface area contributed by atoms with Crippen molar-refractivity contribution >= 4 is 17.7 Å². The highest BCUT2D eigenvalue weighted by atomic mass is 16.6. The summed E-state index contributed by atoms with van der Waals surface area (Å²) < 4.78 is 11.2. The molecule has 1 aliphatic carbocycles. The van der Waals surface area contributed by atoms with Gasteiger partial charge in [0.1, 0.15) is 18.9 Å². The fourth-order valence-electron chi connectivity index (χ4n) is 5.59. The molecular formula is C26H36N3O5+. The topological polar surface area (TPSA) is 92.9 Å². The normalized spacial score (nSPS) is 25.0. The Morgan fingerprint density at radius 1 is 1.15 bits per heavy atom. The molecule has 1 aromatic heterocycles. The molecule has 2 fully saturated rings. The number of nitrogens with zero attached hydrogens (tertiary/aromatic N) is 3. The third kappa shape index (κ3) is 4.88. The van der Waals surface area contributed by atoms with Crippen LogP contribution in [0.3, 0.4) is 0 Å². The van der Waals surface area contributed by atoms with Gasteiger partial charge in [-0.2, -0.15) is 0 Å². The molecular weight excluding hydrogens is 434 g/mol. The van der Waals surface area contributed by atoms with Crippen LogP contribution in [0, 0.1) is 5.92 Å². The van der Waals surface area contributed by atoms with Crippen molar-refractivity contribution in [3.8, 4) is 0 Å². The van der Waals surface area contributed by atoms with Crippen LogP contribution < -0.4 is 4.90 Å². The highest BCUT2D eigenvalue weighted by Crippen LogP contribution is 2.40. The van der Waals surface area contributed by atoms with E-state index in [0.29, 0.717) is 15.9 Å². The second-order valence-electron chi connectivity index (χ2n) is 10.0. The minimum absolute atomic E-state index is 0.00927. The molecule has 1 saturated heterocycles. The number of aromatic nitrogens is 1. The fourth-order valence-corrected chi connectivity index (χ4v) is 5.59. The lowest BCUT2D eigenvalue weighted by Gasteiger charge is -2.38. The van der Waals surface area contributed by atoms with Crippen LogP contribution in [0.15, 0.2) is 47.2 Å². The van der Waals surface area contributed by atoms with Crippen LogP contribution in [0.1, 0.15) is 50.5 Å². The second kappa shape index (κ2) is 10.3. The quantitative estimate of drug-likeness (QED) is 0.470. The smallest absolute Gasteiger partial charge is 0.343 e. The second-order valence-corrected chi connectivity index (χ2v) is 10.0. The van der Waals surface area contributed by atoms with Gasteiger partial charge >= 0.3 is 5.97 Å². The number of hydrogen-bond acceptors (Lipinski definition) is 6. The first-order chi connectivity index (χ1) is 16.3. The average Bonchev–Trinajstić information content (AvgIpc) is 3.52. The molecule has 4 rings (SSSR count). The molecule has 1 aliphatic heterocycles. The highest BCUT2D eigenvalue weighted by Gasteiger charge is 2.48. The summed E-state index contributed by atoms with van der Waals surface area (Å²) in [6.45, 7) is 1.28. The number of aliphatic hydroxyl groups is 1. The zero-order chi connectivity index (χ0) is 24.2. The number of esters is 1. The summed E-state index contributed by atoms with van der Waals surface area (Å²) in [6, 6.07) is 10.8. The standard InChI is InChI=1S/C26H36N3O5/c1-28(23-15-17-34-27-23)24(30)18-29(2)16-9-14-22(29)19-33-25(31)26(32,20-10-5-3-6-11-20)21-12-7-4-8-13-21/h3,5-6,10-11,15,17,21-22,32H,4,7-9,12-14,16,18-19H2,1-2H3/q+1/t22?,26-,29-/m1/s1. The number of likely N-dealkylation sites (N-methyl/N-ethyl adjacent to an activating group) is 2. The van der Waals surface area contributed by atoms with E-state index in [-0.39, 0.29) is 31.0 Å². The summed E-state index contributed by atoms with van der Waals surface area (Å²) in [6.07, 6.45) is 8.00. The Bertz CT molecular complexity index is 960. The Kier molecular flexibility index (Phi) is 7.38. The van der Waals surface area contributed by atoms with Crippen molar-refractivity contribution in [3.05, 3.63) is 48.2 Å². The maximum absolute atomic E-state index is 13.4. The van der Waals surface area contributed by atoms with Crippen LogP contribution in [-0.4, -0.2) is 66.5 Å². The van der Waals surface area contributed by atoms with Gasteiger partial charge in [-0.25, -0.2) is 4.79 Å². The van der Waals surface area contributed by atoms with Gasteiger partial charge in [0.25, 0.3) is 5.91 Å². The number of quaternary nitrogens is 1. The minimum Gasteiger partial charge on any atom is -0.457 e. The van der Waals surface area contributed by atoms with Crippen LogP contribution in [0.2, 0.25) is 0 Å². The van der Waals surface area contributed by atoms with Crippen LogP contribution >= 0.6 is 0 Å². The summed E-state index contributed by atoms with van der Waals surface area (Å²) in [4.78, 5) is 27.9. The number of benzene rings is 1. The lowest BCUT2D eigenvalue weighted by atomic mass is 9.73. The van der Waals surface area contributed by atoms with Gasteiger partial charge in [-0.1, -0.05) is 54.8 Å². The number of ether oxygens (including phenoxy) is 1. The van der Waals surface area contributed by atoms with E-state index in [1.165, 1.54) is 11.2 Å². The first kappa shape index (κ1) is 24.4. The summed E-state index contributed by atoms with van der Waals surface area (Å²) in [5, 5.41) is 15.6. The SMILES string of the molecule is CN(C(=O)C[N@@+]1(C)CCCC1COC(=O)[C@@](O)(c1ccccc1)C1CCCCC1)c1ccon1. The van der Waals surface area contributed by atoms with E-state index in [4.69, 9.17) is 9.26 Å². The first-order valence-corrected chi connectivity index (χ1v) is 12.3. The van der Waals surface area contributed by atoms with Gasteiger partial charge in [0.2, 0.25) is 0 Å². The predicted octanol–water partition coefficient (Wildman–Crippen LogP) is 3.26. The number of carbonyl (C=O) groups is 2. The average molecular weight is 471 g/mol. The minimum atomic E-state index is -1.65. The van der Waals surface area contributed by atoms with Crippen molar-refractivity contribution in [3.63, 3.8) is 0 Å². The van der Waals surface area contributed by atoms with Crippen LogP contribution in [0.4, 0.5) is 5.82 Å². The molecule has 0 radical (unpaired) electrons. The van der Waals surface area contributed by atoms with Crippen LogP contribution in [-0.2, 0) is 19.9 Å². The number of hydrogen-bond donors (Lipinski definition) is 1. The monoisotopic (exact) mass is 470 g/mol. The molecule has 34 heavy (non-hydrogen) atoms. The molecule has 1 saturated carbocycles. The predicted molar refractivity (Wildman–Crippen MR) is 127 cm³/mol. The number of carbonyl (C=O) groups excluding carboxylic acids is 2. The molecule has 2 aliphatic rings. The lowest BCUT2D eigenvalue weighted by molar-refractivity contribution is -0.913. The van der Waals surface area contributed by atoms with Gasteiger partial charge in [0.15, 0.2) is 18.0 Å². The van der Waals surface area contributed by atoms with Crippen molar-refractivity contribution < 1.29 is 28.4 Å². The largest absolute Gasteiger partial charge is 0.457 e. The molecule has 8 heteroatoms. The van der Waals surface area contributed by atoms with E-state index >= 15 is 0 Å². The third-order valence-corrected chi connectivity index (χ3v) is 7.85. The molecule has 8 nitrogen and oxygen atoms in total. The fraction of sp³-hybridized carbons (Fsp3) is 0.577. The van der Waals surface area contributed by atoms with Crippen LogP contribution in [0.25, 0.3) is 0 Å². The van der Waals surface area contributed by atoms with Crippen molar-refractivity contribution in [2.75, 3.05) is 38.7 Å². The van der Waals surface area contributed by atoms with E-state index in [1.54, 1.807) is 13.1 Å². The molecule has 2 heterocycles. The van der Waals surface area contributed by atoms with Crippen LogP contribution in [0.5, 0.6) is 0 Å². The van der Waals surface area contributed by atoms with Crippen molar-refractivity contribution in [1.82, 2.24) is 5.16 Å². The highest BCUT2D eigenvalue weighted by molar-refractivity contribution is 5.92. The molecule has 0 bridgehead atoms. The molecule has 1 N–H and O–H groups in total. The molecule has 0 spiro atoms. The Morgan fingerprint density at radius 3 is 2.56 bits per heavy atom. The maximum Gasteiger partial charge on any atom is 0.343 e. The maximum atomic E-state index is 13.4. The van der Waals surface area contributed by atoms with E-state index in [9.17, 15) is 14.7 Å². The Hall–Kier alpha value is -2.71. The van der Waals surface area contributed by atoms with Crippen molar-refractivity contribution in [2.45, 2.75) is 56.6 Å². The van der Waals surface area contributed by atoms with Gasteiger partial charge in [0, 0.05) is 31.9 Å². The lowest BCUT2D eigenvalue weighted by Crippen LogP contribution is -2.56. The van der Waals surface area contributed by atoms with Gasteiger partial charge in [-0.05, 0) is 18.4 Å². The summed E-state index contributed by atoms with van der Waals surface area (Å²) in [5.74, 6) is -0.329. The zero-order valence-electron chi connectivity index (χ0n) is 20.2. The zero-order valence-corrected chi connectivity index (χ0v) is 20.2. The van der Waals surface area contributed by atoms with Crippen molar-refractivity contribution in [1.29, 1.82) is 0 Å². The number of rotatable bonds is 8. The molecule has 1 unspecified atom stereocenters. The molecule has 2 aromatic rings. The van der Waals surface area contributed by atoms with Crippen molar-refractivity contribution in [2.24, 2.45) is 5.92 Å². The molecule has 184 valence electrons. The Labute approximate surface area is 201 Å². The summed E-state index contributed by atoms with van der Waals surface area (Å²) >= 11 is 0. The Morgan fingerprint density at radius 2 is 1.88 bits per heavy atom. The van der Waals surface area contributed by atoms with Gasteiger partial charge in [-0.3, -0.25) is 9.69 Å². The van der Waals surface area contributed by atoms with Gasteiger partial charge in [0.05, 0.1) is 13.6 Å². The van der Waals surface area contributed by atoms with E-state index in [2.05, 4.69) is 5.16 Å². The summed E-state index contributed by atoms with van der Waals surface area (Å²) in [7, 11) is 3.71. The van der Waals surface area contributed by atoms with Gasteiger partial charge < -0.3 is 18.8 Å². The Balaban J connectivity index is 1.45. The molecule has 3 atom stereocenters.